The highest BCUT2D eigenvalue weighted by molar-refractivity contribution is 6.77. The molecule has 2 rings (SSSR count). The fourth-order valence-corrected chi connectivity index (χ4v) is 1.81. The van der Waals surface area contributed by atoms with E-state index < -0.39 is 9.58 Å². The number of carbonyl (C=O) groups is 1. The monoisotopic (exact) mass is 302 g/mol. The quantitative estimate of drug-likeness (QED) is 0.642. The highest BCUT2D eigenvalue weighted by atomic mass is 35.6. The van der Waals surface area contributed by atoms with Gasteiger partial charge in [0.1, 0.15) is 0 Å². The minimum atomic E-state index is -1.99. The topological polar surface area (TPSA) is 34.9 Å². The van der Waals surface area contributed by atoms with E-state index in [9.17, 15) is 4.79 Å². The number of alkyl halides is 3. The third kappa shape index (κ3) is 3.05. The van der Waals surface area contributed by atoms with Crippen molar-refractivity contribution >= 4 is 40.6 Å². The van der Waals surface area contributed by atoms with Gasteiger partial charge in [0.2, 0.25) is 5.78 Å². The number of imidazole rings is 1. The van der Waals surface area contributed by atoms with Crippen molar-refractivity contribution in [1.29, 1.82) is 0 Å². The summed E-state index contributed by atoms with van der Waals surface area (Å²) in [4.78, 5) is 15.8. The lowest BCUT2D eigenvalue weighted by molar-refractivity contribution is 0.0983. The smallest absolute Gasteiger partial charge is 0.256 e. The van der Waals surface area contributed by atoms with Gasteiger partial charge in [0.15, 0.2) is 5.82 Å². The molecule has 1 aromatic heterocycles. The molecular weight excluding hydrogens is 295 g/mol. The Morgan fingerprint density at radius 1 is 1.22 bits per heavy atom. The van der Waals surface area contributed by atoms with Crippen LogP contribution in [-0.2, 0) is 6.54 Å². The van der Waals surface area contributed by atoms with Gasteiger partial charge in [-0.3, -0.25) is 4.79 Å². The molecule has 0 aliphatic heterocycles. The van der Waals surface area contributed by atoms with Crippen molar-refractivity contribution in [2.24, 2.45) is 0 Å². The Hall–Kier alpha value is -1.03. The molecule has 1 heterocycles. The number of hydrogen-bond acceptors (Lipinski definition) is 2. The molecule has 0 saturated carbocycles. The molecule has 6 heteroatoms. The van der Waals surface area contributed by atoms with E-state index >= 15 is 0 Å². The number of aromatic nitrogens is 2. The van der Waals surface area contributed by atoms with E-state index in [1.165, 1.54) is 6.20 Å². The van der Waals surface area contributed by atoms with Crippen LogP contribution in [-0.4, -0.2) is 19.1 Å². The summed E-state index contributed by atoms with van der Waals surface area (Å²) in [6.45, 7) is 0.503. The normalized spacial score (nSPS) is 11.5. The van der Waals surface area contributed by atoms with E-state index in [-0.39, 0.29) is 5.82 Å². The molecule has 0 N–H and O–H groups in total. The first-order chi connectivity index (χ1) is 8.48. The second-order valence-corrected chi connectivity index (χ2v) is 5.97. The number of rotatable bonds is 3. The van der Waals surface area contributed by atoms with Gasteiger partial charge in [-0.05, 0) is 5.56 Å². The van der Waals surface area contributed by atoms with Crippen molar-refractivity contribution in [3.05, 3.63) is 54.1 Å². The number of benzene rings is 1. The minimum absolute atomic E-state index is 0.138. The van der Waals surface area contributed by atoms with Gasteiger partial charge in [0.25, 0.3) is 3.79 Å². The van der Waals surface area contributed by atoms with Gasteiger partial charge in [0.05, 0.1) is 0 Å². The molecule has 1 aromatic carbocycles. The van der Waals surface area contributed by atoms with E-state index in [4.69, 9.17) is 34.8 Å². The minimum Gasteiger partial charge on any atom is -0.324 e. The molecule has 0 bridgehead atoms. The molecular formula is C12H9Cl3N2O. The maximum atomic E-state index is 11.9. The fraction of sp³-hybridized carbons (Fsp3) is 0.167. The predicted octanol–water partition coefficient (Wildman–Crippen LogP) is 3.48. The van der Waals surface area contributed by atoms with E-state index in [2.05, 4.69) is 4.98 Å². The molecule has 3 nitrogen and oxygen atoms in total. The summed E-state index contributed by atoms with van der Waals surface area (Å²) in [6.07, 6.45) is 3.18. The molecule has 0 saturated heterocycles. The van der Waals surface area contributed by atoms with Crippen molar-refractivity contribution in [2.75, 3.05) is 0 Å². The molecule has 18 heavy (non-hydrogen) atoms. The van der Waals surface area contributed by atoms with Gasteiger partial charge in [-0.1, -0.05) is 65.1 Å². The zero-order chi connectivity index (χ0) is 13.2. The van der Waals surface area contributed by atoms with Crippen LogP contribution in [0.2, 0.25) is 0 Å². The first kappa shape index (κ1) is 13.4. The summed E-state index contributed by atoms with van der Waals surface area (Å²) in [5.41, 5.74) is 1.04. The van der Waals surface area contributed by atoms with Crippen molar-refractivity contribution in [2.45, 2.75) is 10.3 Å². The molecule has 0 atom stereocenters. The highest BCUT2D eigenvalue weighted by Crippen LogP contribution is 2.30. The number of nitrogens with zero attached hydrogens (tertiary/aromatic N) is 2. The zero-order valence-corrected chi connectivity index (χ0v) is 11.5. The summed E-state index contributed by atoms with van der Waals surface area (Å²) in [7, 11) is 0. The van der Waals surface area contributed by atoms with Gasteiger partial charge < -0.3 is 4.57 Å². The highest BCUT2D eigenvalue weighted by Gasteiger charge is 2.34. The first-order valence-electron chi connectivity index (χ1n) is 5.15. The fourth-order valence-electron chi connectivity index (χ4n) is 1.55. The molecule has 0 aliphatic carbocycles. The summed E-state index contributed by atoms with van der Waals surface area (Å²) in [6, 6.07) is 9.66. The van der Waals surface area contributed by atoms with Crippen LogP contribution in [0.4, 0.5) is 0 Å². The molecule has 0 radical (unpaired) electrons. The predicted molar refractivity (Wildman–Crippen MR) is 72.4 cm³/mol. The Morgan fingerprint density at radius 2 is 1.89 bits per heavy atom. The maximum Gasteiger partial charge on any atom is 0.256 e. The van der Waals surface area contributed by atoms with Crippen molar-refractivity contribution in [3.63, 3.8) is 0 Å². The second-order valence-electron chi connectivity index (χ2n) is 3.69. The lowest BCUT2D eigenvalue weighted by Gasteiger charge is -2.11. The van der Waals surface area contributed by atoms with Gasteiger partial charge in [-0.2, -0.15) is 0 Å². The molecule has 0 spiro atoms. The van der Waals surface area contributed by atoms with E-state index in [1.807, 2.05) is 30.3 Å². The maximum absolute atomic E-state index is 11.9. The van der Waals surface area contributed by atoms with Crippen LogP contribution < -0.4 is 0 Å². The van der Waals surface area contributed by atoms with E-state index in [0.29, 0.717) is 6.54 Å². The van der Waals surface area contributed by atoms with Crippen LogP contribution in [0.3, 0.4) is 0 Å². The first-order valence-corrected chi connectivity index (χ1v) is 6.28. The van der Waals surface area contributed by atoms with Crippen molar-refractivity contribution in [3.8, 4) is 0 Å². The van der Waals surface area contributed by atoms with Crippen LogP contribution in [0.5, 0.6) is 0 Å². The van der Waals surface area contributed by atoms with Crippen LogP contribution in [0.15, 0.2) is 42.7 Å². The molecule has 2 aromatic rings. The largest absolute Gasteiger partial charge is 0.324 e. The summed E-state index contributed by atoms with van der Waals surface area (Å²) in [5.74, 6) is -0.493. The number of Topliss-reactive ketones (excluding diaryl/α,β-unsaturated/α-hetero) is 1. The van der Waals surface area contributed by atoms with Gasteiger partial charge in [-0.25, -0.2) is 4.98 Å². The van der Waals surface area contributed by atoms with Crippen LogP contribution in [0, 0.1) is 0 Å². The number of carbonyl (C=O) groups excluding carboxylic acids is 1. The molecule has 94 valence electrons. The average Bonchev–Trinajstić information content (AvgIpc) is 2.76. The number of halogens is 3. The third-order valence-electron chi connectivity index (χ3n) is 2.37. The number of hydrogen-bond donors (Lipinski definition) is 0. The Kier molecular flexibility index (Phi) is 3.95. The zero-order valence-electron chi connectivity index (χ0n) is 9.19. The number of ketones is 1. The molecule has 0 unspecified atom stereocenters. The van der Waals surface area contributed by atoms with E-state index in [0.717, 1.165) is 5.56 Å². The Bertz CT molecular complexity index is 546. The lowest BCUT2D eigenvalue weighted by atomic mass is 10.2. The average molecular weight is 304 g/mol. The van der Waals surface area contributed by atoms with Crippen LogP contribution in [0.1, 0.15) is 16.2 Å². The van der Waals surface area contributed by atoms with Crippen LogP contribution >= 0.6 is 34.8 Å². The Morgan fingerprint density at radius 3 is 2.50 bits per heavy atom. The molecule has 0 fully saturated rings. The summed E-state index contributed by atoms with van der Waals surface area (Å²) < 4.78 is -0.334. The summed E-state index contributed by atoms with van der Waals surface area (Å²) in [5, 5.41) is 0. The Labute approximate surface area is 119 Å². The lowest BCUT2D eigenvalue weighted by Crippen LogP contribution is -2.23. The van der Waals surface area contributed by atoms with Crippen molar-refractivity contribution < 1.29 is 4.79 Å². The summed E-state index contributed by atoms with van der Waals surface area (Å²) >= 11 is 16.7. The Balaban J connectivity index is 2.26. The van der Waals surface area contributed by atoms with E-state index in [1.54, 1.807) is 10.8 Å². The van der Waals surface area contributed by atoms with Crippen LogP contribution in [0.25, 0.3) is 0 Å². The molecule has 0 amide bonds. The molecule has 0 aliphatic rings. The van der Waals surface area contributed by atoms with Gasteiger partial charge in [-0.15, -0.1) is 0 Å². The third-order valence-corrected chi connectivity index (χ3v) is 2.89. The van der Waals surface area contributed by atoms with Gasteiger partial charge >= 0.3 is 0 Å². The second kappa shape index (κ2) is 5.31. The standard InChI is InChI=1S/C12H9Cl3N2O/c13-12(14,15)10(18)11-16-6-7-17(11)8-9-4-2-1-3-5-9/h1-7H,8H2. The SMILES string of the molecule is O=C(c1nccn1Cc1ccccc1)C(Cl)(Cl)Cl. The van der Waals surface area contributed by atoms with Gasteiger partial charge in [0, 0.05) is 18.9 Å². The van der Waals surface area contributed by atoms with Crippen molar-refractivity contribution in [1.82, 2.24) is 9.55 Å².